The molecule has 6 rings (SSSR count). The fourth-order valence-corrected chi connectivity index (χ4v) is 6.04. The number of aryl methyl sites for hydroxylation is 1. The number of rotatable bonds is 2. The molecule has 0 N–H and O–H groups in total. The first kappa shape index (κ1) is 12.9. The fraction of sp³-hybridized carbons (Fsp3) is 0.579. The Morgan fingerprint density at radius 3 is 2.09 bits per heavy atom. The highest BCUT2D eigenvalue weighted by Crippen LogP contribution is 2.59. The van der Waals surface area contributed by atoms with Gasteiger partial charge in [-0.1, -0.05) is 30.3 Å². The van der Waals surface area contributed by atoms with Crippen molar-refractivity contribution in [2.24, 2.45) is 17.8 Å². The van der Waals surface area contributed by atoms with Crippen molar-refractivity contribution in [1.29, 1.82) is 0 Å². The van der Waals surface area contributed by atoms with Gasteiger partial charge < -0.3 is 4.57 Å². The Hall–Kier alpha value is -1.64. The van der Waals surface area contributed by atoms with E-state index in [1.165, 1.54) is 44.1 Å². The first-order chi connectivity index (χ1) is 10.7. The SMILES string of the molecule is Cc1nnc(-c2ccccc2)n1C12CC3CC(CC(C3)C1)C2. The van der Waals surface area contributed by atoms with Gasteiger partial charge in [-0.25, -0.2) is 0 Å². The maximum Gasteiger partial charge on any atom is 0.164 e. The molecule has 0 aliphatic heterocycles. The topological polar surface area (TPSA) is 30.7 Å². The first-order valence-corrected chi connectivity index (χ1v) is 8.71. The molecule has 3 heteroatoms. The number of benzene rings is 1. The van der Waals surface area contributed by atoms with E-state index in [4.69, 9.17) is 0 Å². The smallest absolute Gasteiger partial charge is 0.164 e. The molecule has 4 saturated carbocycles. The average Bonchev–Trinajstić information content (AvgIpc) is 2.89. The molecule has 0 saturated heterocycles. The van der Waals surface area contributed by atoms with Crippen LogP contribution >= 0.6 is 0 Å². The van der Waals surface area contributed by atoms with Crippen molar-refractivity contribution < 1.29 is 0 Å². The van der Waals surface area contributed by atoms with Crippen LogP contribution in [-0.4, -0.2) is 14.8 Å². The summed E-state index contributed by atoms with van der Waals surface area (Å²) in [6.07, 6.45) is 8.45. The van der Waals surface area contributed by atoms with Crippen molar-refractivity contribution >= 4 is 0 Å². The Morgan fingerprint density at radius 1 is 0.909 bits per heavy atom. The zero-order valence-corrected chi connectivity index (χ0v) is 13.2. The second-order valence-corrected chi connectivity index (χ2v) is 7.91. The Morgan fingerprint density at radius 2 is 1.50 bits per heavy atom. The van der Waals surface area contributed by atoms with E-state index in [2.05, 4.69) is 52.0 Å². The Labute approximate surface area is 131 Å². The minimum Gasteiger partial charge on any atom is -0.305 e. The first-order valence-electron chi connectivity index (χ1n) is 8.71. The van der Waals surface area contributed by atoms with E-state index in [9.17, 15) is 0 Å². The van der Waals surface area contributed by atoms with E-state index >= 15 is 0 Å². The van der Waals surface area contributed by atoms with Crippen LogP contribution in [0.15, 0.2) is 30.3 Å². The van der Waals surface area contributed by atoms with E-state index in [1.807, 2.05) is 0 Å². The number of nitrogens with zero attached hydrogens (tertiary/aromatic N) is 3. The molecule has 1 aromatic heterocycles. The second-order valence-electron chi connectivity index (χ2n) is 7.91. The van der Waals surface area contributed by atoms with E-state index in [0.717, 1.165) is 29.4 Å². The van der Waals surface area contributed by atoms with E-state index in [1.54, 1.807) is 0 Å². The molecular formula is C19H23N3. The van der Waals surface area contributed by atoms with Crippen LogP contribution in [-0.2, 0) is 5.54 Å². The van der Waals surface area contributed by atoms with Gasteiger partial charge in [0.1, 0.15) is 5.82 Å². The van der Waals surface area contributed by atoms with Gasteiger partial charge in [-0.3, -0.25) is 0 Å². The standard InChI is InChI=1S/C19H23N3/c1-13-20-21-18(17-5-3-2-4-6-17)22(13)19-10-14-7-15(11-19)9-16(8-14)12-19/h2-6,14-16H,7-12H2,1H3. The van der Waals surface area contributed by atoms with Crippen LogP contribution in [0.2, 0.25) is 0 Å². The van der Waals surface area contributed by atoms with E-state index < -0.39 is 0 Å². The van der Waals surface area contributed by atoms with E-state index in [-0.39, 0.29) is 0 Å². The zero-order chi connectivity index (χ0) is 14.7. The summed E-state index contributed by atoms with van der Waals surface area (Å²) < 4.78 is 2.52. The largest absolute Gasteiger partial charge is 0.305 e. The van der Waals surface area contributed by atoms with Crippen LogP contribution in [0.4, 0.5) is 0 Å². The Balaban J connectivity index is 1.65. The van der Waals surface area contributed by atoms with Gasteiger partial charge in [0.05, 0.1) is 0 Å². The second kappa shape index (κ2) is 4.43. The van der Waals surface area contributed by atoms with Gasteiger partial charge in [0.25, 0.3) is 0 Å². The molecule has 0 unspecified atom stereocenters. The molecule has 22 heavy (non-hydrogen) atoms. The van der Waals surface area contributed by atoms with Crippen LogP contribution < -0.4 is 0 Å². The lowest BCUT2D eigenvalue weighted by Crippen LogP contribution is -2.52. The number of aromatic nitrogens is 3. The summed E-state index contributed by atoms with van der Waals surface area (Å²) in [5, 5.41) is 9.02. The Kier molecular flexibility index (Phi) is 2.59. The molecule has 114 valence electrons. The zero-order valence-electron chi connectivity index (χ0n) is 13.2. The summed E-state index contributed by atoms with van der Waals surface area (Å²) in [4.78, 5) is 0. The highest BCUT2D eigenvalue weighted by molar-refractivity contribution is 5.55. The van der Waals surface area contributed by atoms with Crippen molar-refractivity contribution in [3.05, 3.63) is 36.2 Å². The quantitative estimate of drug-likeness (QED) is 0.831. The molecule has 4 aliphatic rings. The van der Waals surface area contributed by atoms with Crippen LogP contribution in [0.1, 0.15) is 44.3 Å². The molecule has 4 aliphatic carbocycles. The maximum absolute atomic E-state index is 4.56. The number of hydrogen-bond donors (Lipinski definition) is 0. The number of hydrogen-bond acceptors (Lipinski definition) is 2. The minimum atomic E-state index is 0.299. The van der Waals surface area contributed by atoms with Crippen LogP contribution in [0.25, 0.3) is 11.4 Å². The van der Waals surface area contributed by atoms with Gasteiger partial charge in [-0.15, -0.1) is 10.2 Å². The summed E-state index contributed by atoms with van der Waals surface area (Å²) in [7, 11) is 0. The average molecular weight is 293 g/mol. The molecular weight excluding hydrogens is 270 g/mol. The van der Waals surface area contributed by atoms with Gasteiger partial charge >= 0.3 is 0 Å². The molecule has 0 spiro atoms. The molecule has 3 nitrogen and oxygen atoms in total. The highest BCUT2D eigenvalue weighted by Gasteiger charge is 2.53. The molecule has 1 heterocycles. The summed E-state index contributed by atoms with van der Waals surface area (Å²) in [6, 6.07) is 10.6. The van der Waals surface area contributed by atoms with Crippen molar-refractivity contribution in [2.75, 3.05) is 0 Å². The Bertz CT molecular complexity index is 665. The van der Waals surface area contributed by atoms with Gasteiger partial charge in [0.15, 0.2) is 5.82 Å². The third-order valence-electron chi connectivity index (χ3n) is 6.34. The summed E-state index contributed by atoms with van der Waals surface area (Å²) >= 11 is 0. The van der Waals surface area contributed by atoms with Crippen molar-refractivity contribution in [3.63, 3.8) is 0 Å². The molecule has 4 bridgehead atoms. The van der Waals surface area contributed by atoms with Gasteiger partial charge in [0, 0.05) is 11.1 Å². The minimum absolute atomic E-state index is 0.299. The lowest BCUT2D eigenvalue weighted by Gasteiger charge is -2.57. The fourth-order valence-electron chi connectivity index (χ4n) is 6.04. The third kappa shape index (κ3) is 1.74. The predicted molar refractivity (Wildman–Crippen MR) is 86.3 cm³/mol. The monoisotopic (exact) mass is 293 g/mol. The van der Waals surface area contributed by atoms with Crippen LogP contribution in [0.3, 0.4) is 0 Å². The van der Waals surface area contributed by atoms with Crippen LogP contribution in [0.5, 0.6) is 0 Å². The van der Waals surface area contributed by atoms with Gasteiger partial charge in [0.2, 0.25) is 0 Å². The molecule has 2 aromatic rings. The third-order valence-corrected chi connectivity index (χ3v) is 6.34. The van der Waals surface area contributed by atoms with Crippen molar-refractivity contribution in [3.8, 4) is 11.4 Å². The van der Waals surface area contributed by atoms with Crippen molar-refractivity contribution in [1.82, 2.24) is 14.8 Å². The lowest BCUT2D eigenvalue weighted by molar-refractivity contribution is -0.0433. The maximum atomic E-state index is 4.56. The predicted octanol–water partition coefficient (Wildman–Crippen LogP) is 4.18. The normalized spacial score (nSPS) is 36.0. The van der Waals surface area contributed by atoms with Gasteiger partial charge in [-0.2, -0.15) is 0 Å². The van der Waals surface area contributed by atoms with Crippen LogP contribution in [0, 0.1) is 24.7 Å². The van der Waals surface area contributed by atoms with Gasteiger partial charge in [-0.05, 0) is 63.2 Å². The highest BCUT2D eigenvalue weighted by atomic mass is 15.3. The summed E-state index contributed by atoms with van der Waals surface area (Å²) in [6.45, 7) is 2.14. The van der Waals surface area contributed by atoms with Crippen molar-refractivity contribution in [2.45, 2.75) is 51.0 Å². The lowest BCUT2D eigenvalue weighted by atomic mass is 9.53. The molecule has 1 aromatic carbocycles. The van der Waals surface area contributed by atoms with E-state index in [0.29, 0.717) is 5.54 Å². The molecule has 0 atom stereocenters. The summed E-state index contributed by atoms with van der Waals surface area (Å²) in [5.41, 5.74) is 1.51. The molecule has 0 radical (unpaired) electrons. The molecule has 4 fully saturated rings. The summed E-state index contributed by atoms with van der Waals surface area (Å²) in [5.74, 6) is 5.01. The molecule has 0 amide bonds.